The molecule has 0 radical (unpaired) electrons. The Morgan fingerprint density at radius 3 is 2.70 bits per heavy atom. The van der Waals surface area contributed by atoms with Crippen LogP contribution < -0.4 is 5.32 Å². The van der Waals surface area contributed by atoms with Crippen LogP contribution in [0.1, 0.15) is 36.4 Å². The van der Waals surface area contributed by atoms with E-state index in [1.54, 1.807) is 11.3 Å². The quantitative estimate of drug-likeness (QED) is 0.871. The SMILES string of the molecule is Cc1csc(CCNC(=O)[C@@H]2CCCC[C@@H]2C(=O)O)n1. The second-order valence-electron chi connectivity index (χ2n) is 5.26. The maximum absolute atomic E-state index is 12.1. The van der Waals surface area contributed by atoms with E-state index in [2.05, 4.69) is 10.3 Å². The van der Waals surface area contributed by atoms with Crippen LogP contribution in [0.3, 0.4) is 0 Å². The number of rotatable bonds is 5. The molecule has 1 fully saturated rings. The van der Waals surface area contributed by atoms with Gasteiger partial charge in [0, 0.05) is 24.0 Å². The van der Waals surface area contributed by atoms with Crippen LogP contribution in [0.5, 0.6) is 0 Å². The van der Waals surface area contributed by atoms with Gasteiger partial charge in [0.05, 0.1) is 16.8 Å². The zero-order chi connectivity index (χ0) is 14.5. The van der Waals surface area contributed by atoms with Gasteiger partial charge in [-0.25, -0.2) is 4.98 Å². The summed E-state index contributed by atoms with van der Waals surface area (Å²) in [5.41, 5.74) is 0.995. The molecule has 1 amide bonds. The van der Waals surface area contributed by atoms with E-state index < -0.39 is 11.9 Å². The zero-order valence-electron chi connectivity index (χ0n) is 11.6. The summed E-state index contributed by atoms with van der Waals surface area (Å²) in [7, 11) is 0. The van der Waals surface area contributed by atoms with Crippen molar-refractivity contribution in [2.24, 2.45) is 11.8 Å². The number of carboxylic acids is 1. The number of amides is 1. The van der Waals surface area contributed by atoms with Crippen LogP contribution in [-0.2, 0) is 16.0 Å². The summed E-state index contributed by atoms with van der Waals surface area (Å²) in [4.78, 5) is 27.6. The minimum absolute atomic E-state index is 0.120. The second kappa shape index (κ2) is 6.83. The predicted molar refractivity (Wildman–Crippen MR) is 76.6 cm³/mol. The van der Waals surface area contributed by atoms with Crippen LogP contribution in [0.15, 0.2) is 5.38 Å². The molecule has 1 aliphatic carbocycles. The molecule has 1 saturated carbocycles. The Labute approximate surface area is 122 Å². The molecule has 2 N–H and O–H groups in total. The molecule has 1 heterocycles. The van der Waals surface area contributed by atoms with Gasteiger partial charge in [-0.1, -0.05) is 12.8 Å². The van der Waals surface area contributed by atoms with Crippen molar-refractivity contribution in [1.29, 1.82) is 0 Å². The number of carbonyl (C=O) groups is 2. The van der Waals surface area contributed by atoms with Gasteiger partial charge in [0.2, 0.25) is 5.91 Å². The Hall–Kier alpha value is -1.43. The lowest BCUT2D eigenvalue weighted by atomic mass is 9.79. The Bertz CT molecular complexity index is 487. The Morgan fingerprint density at radius 1 is 1.40 bits per heavy atom. The summed E-state index contributed by atoms with van der Waals surface area (Å²) < 4.78 is 0. The van der Waals surface area contributed by atoms with E-state index in [1.165, 1.54) is 0 Å². The molecular weight excluding hydrogens is 276 g/mol. The maximum atomic E-state index is 12.1. The molecule has 2 rings (SSSR count). The summed E-state index contributed by atoms with van der Waals surface area (Å²) in [6, 6.07) is 0. The minimum Gasteiger partial charge on any atom is -0.481 e. The molecule has 0 unspecified atom stereocenters. The molecule has 1 aromatic rings. The summed E-state index contributed by atoms with van der Waals surface area (Å²) in [6.45, 7) is 2.46. The van der Waals surface area contributed by atoms with Crippen LogP contribution in [-0.4, -0.2) is 28.5 Å². The first-order valence-electron chi connectivity index (χ1n) is 6.99. The number of hydrogen-bond donors (Lipinski definition) is 2. The average molecular weight is 296 g/mol. The average Bonchev–Trinajstić information content (AvgIpc) is 2.84. The van der Waals surface area contributed by atoms with Crippen molar-refractivity contribution in [3.63, 3.8) is 0 Å². The van der Waals surface area contributed by atoms with Crippen molar-refractivity contribution < 1.29 is 14.7 Å². The number of aliphatic carboxylic acids is 1. The first-order valence-corrected chi connectivity index (χ1v) is 7.87. The van der Waals surface area contributed by atoms with E-state index in [0.717, 1.165) is 23.5 Å². The van der Waals surface area contributed by atoms with Gasteiger partial charge < -0.3 is 10.4 Å². The second-order valence-corrected chi connectivity index (χ2v) is 6.20. The van der Waals surface area contributed by atoms with Crippen molar-refractivity contribution in [3.05, 3.63) is 16.1 Å². The van der Waals surface area contributed by atoms with Crippen LogP contribution in [0, 0.1) is 18.8 Å². The lowest BCUT2D eigenvalue weighted by Gasteiger charge is -2.27. The molecule has 20 heavy (non-hydrogen) atoms. The first kappa shape index (κ1) is 15.0. The summed E-state index contributed by atoms with van der Waals surface area (Å²) in [6.07, 6.45) is 3.83. The third-order valence-electron chi connectivity index (χ3n) is 3.72. The van der Waals surface area contributed by atoms with Crippen LogP contribution in [0.25, 0.3) is 0 Å². The highest BCUT2D eigenvalue weighted by Gasteiger charge is 2.35. The van der Waals surface area contributed by atoms with E-state index in [0.29, 0.717) is 25.8 Å². The van der Waals surface area contributed by atoms with Crippen molar-refractivity contribution in [3.8, 4) is 0 Å². The molecule has 2 atom stereocenters. The van der Waals surface area contributed by atoms with E-state index in [1.807, 2.05) is 12.3 Å². The van der Waals surface area contributed by atoms with Gasteiger partial charge in [-0.3, -0.25) is 9.59 Å². The Kier molecular flexibility index (Phi) is 5.11. The molecule has 1 aliphatic rings. The molecule has 0 aromatic carbocycles. The molecule has 0 aliphatic heterocycles. The smallest absolute Gasteiger partial charge is 0.307 e. The normalized spacial score (nSPS) is 22.4. The fourth-order valence-corrected chi connectivity index (χ4v) is 3.46. The number of carboxylic acid groups (broad SMARTS) is 1. The van der Waals surface area contributed by atoms with E-state index in [4.69, 9.17) is 0 Å². The standard InChI is InChI=1S/C14H20N2O3S/c1-9-8-20-12(16-9)6-7-15-13(17)10-4-2-3-5-11(10)14(18)19/h8,10-11H,2-7H2,1H3,(H,15,17)(H,18,19)/t10-,11+/m1/s1. The summed E-state index contributed by atoms with van der Waals surface area (Å²) in [5, 5.41) is 15.0. The molecule has 110 valence electrons. The third kappa shape index (κ3) is 3.79. The van der Waals surface area contributed by atoms with Gasteiger partial charge in [0.25, 0.3) is 0 Å². The van der Waals surface area contributed by atoms with E-state index in [-0.39, 0.29) is 11.8 Å². The first-order chi connectivity index (χ1) is 9.58. The van der Waals surface area contributed by atoms with Crippen molar-refractivity contribution >= 4 is 23.2 Å². The van der Waals surface area contributed by atoms with Crippen molar-refractivity contribution in [2.75, 3.05) is 6.54 Å². The monoisotopic (exact) mass is 296 g/mol. The van der Waals surface area contributed by atoms with Gasteiger partial charge in [0.15, 0.2) is 0 Å². The molecule has 0 bridgehead atoms. The molecule has 5 nitrogen and oxygen atoms in total. The fourth-order valence-electron chi connectivity index (χ4n) is 2.68. The lowest BCUT2D eigenvalue weighted by Crippen LogP contribution is -2.40. The highest BCUT2D eigenvalue weighted by atomic mass is 32.1. The van der Waals surface area contributed by atoms with Gasteiger partial charge in [-0.2, -0.15) is 0 Å². The topological polar surface area (TPSA) is 79.3 Å². The van der Waals surface area contributed by atoms with E-state index in [9.17, 15) is 14.7 Å². The summed E-state index contributed by atoms with van der Waals surface area (Å²) >= 11 is 1.59. The number of aryl methyl sites for hydroxylation is 1. The highest BCUT2D eigenvalue weighted by molar-refractivity contribution is 7.09. The molecular formula is C14H20N2O3S. The molecule has 6 heteroatoms. The van der Waals surface area contributed by atoms with Gasteiger partial charge in [-0.05, 0) is 19.8 Å². The number of hydrogen-bond acceptors (Lipinski definition) is 4. The lowest BCUT2D eigenvalue weighted by molar-refractivity contribution is -0.148. The van der Waals surface area contributed by atoms with Crippen LogP contribution in [0.2, 0.25) is 0 Å². The van der Waals surface area contributed by atoms with Gasteiger partial charge in [-0.15, -0.1) is 11.3 Å². The third-order valence-corrected chi connectivity index (χ3v) is 4.75. The number of carbonyl (C=O) groups excluding carboxylic acids is 1. The highest BCUT2D eigenvalue weighted by Crippen LogP contribution is 2.30. The fraction of sp³-hybridized carbons (Fsp3) is 0.643. The van der Waals surface area contributed by atoms with Crippen LogP contribution >= 0.6 is 11.3 Å². The van der Waals surface area contributed by atoms with Gasteiger partial charge >= 0.3 is 5.97 Å². The number of thiazole rings is 1. The minimum atomic E-state index is -0.847. The predicted octanol–water partition coefficient (Wildman–Crippen LogP) is 2.00. The Morgan fingerprint density at radius 2 is 2.10 bits per heavy atom. The van der Waals surface area contributed by atoms with E-state index >= 15 is 0 Å². The number of nitrogens with one attached hydrogen (secondary N) is 1. The van der Waals surface area contributed by atoms with Crippen molar-refractivity contribution in [2.45, 2.75) is 39.0 Å². The molecule has 1 aromatic heterocycles. The van der Waals surface area contributed by atoms with Gasteiger partial charge in [0.1, 0.15) is 0 Å². The summed E-state index contributed by atoms with van der Waals surface area (Å²) in [5.74, 6) is -1.86. The largest absolute Gasteiger partial charge is 0.481 e. The molecule has 0 spiro atoms. The Balaban J connectivity index is 1.82. The zero-order valence-corrected chi connectivity index (χ0v) is 12.4. The maximum Gasteiger partial charge on any atom is 0.307 e. The van der Waals surface area contributed by atoms with Crippen molar-refractivity contribution in [1.82, 2.24) is 10.3 Å². The molecule has 0 saturated heterocycles. The number of nitrogens with zero attached hydrogens (tertiary/aromatic N) is 1. The number of aromatic nitrogens is 1. The van der Waals surface area contributed by atoms with Crippen LogP contribution in [0.4, 0.5) is 0 Å².